The van der Waals surface area contributed by atoms with Crippen LogP contribution in [0.15, 0.2) is 53.0 Å². The van der Waals surface area contributed by atoms with E-state index in [4.69, 9.17) is 17.3 Å². The Morgan fingerprint density at radius 3 is 2.47 bits per heavy atom. The lowest BCUT2D eigenvalue weighted by Crippen LogP contribution is -2.27. The van der Waals surface area contributed by atoms with Crippen LogP contribution in [0.3, 0.4) is 0 Å². The molecule has 0 saturated heterocycles. The molecule has 0 spiro atoms. The maximum absolute atomic E-state index is 11.6. The lowest BCUT2D eigenvalue weighted by molar-refractivity contribution is -0.118. The standard InChI is InChI=1S/C14H12BrClN2O/c15-10-3-1-2-9(8-10)13(14(17)19)18-12-6-4-11(16)5-7-12/h1-8,13,18H,(H2,17,19). The molecule has 2 aromatic rings. The zero-order chi connectivity index (χ0) is 13.8. The highest BCUT2D eigenvalue weighted by Crippen LogP contribution is 2.23. The number of primary amides is 1. The Balaban J connectivity index is 2.26. The first-order chi connectivity index (χ1) is 9.06. The molecule has 0 heterocycles. The van der Waals surface area contributed by atoms with Crippen LogP contribution in [0.2, 0.25) is 5.02 Å². The lowest BCUT2D eigenvalue weighted by Gasteiger charge is -2.17. The number of carbonyl (C=O) groups is 1. The molecule has 3 nitrogen and oxygen atoms in total. The second-order valence-electron chi connectivity index (χ2n) is 4.04. The molecule has 2 aromatic carbocycles. The van der Waals surface area contributed by atoms with Crippen LogP contribution < -0.4 is 11.1 Å². The Labute approximate surface area is 124 Å². The van der Waals surface area contributed by atoms with Crippen LogP contribution in [0.5, 0.6) is 0 Å². The SMILES string of the molecule is NC(=O)C(Nc1ccc(Cl)cc1)c1cccc(Br)c1. The summed E-state index contributed by atoms with van der Waals surface area (Å²) in [6.45, 7) is 0. The van der Waals surface area contributed by atoms with Crippen LogP contribution in [0.25, 0.3) is 0 Å². The van der Waals surface area contributed by atoms with Gasteiger partial charge in [-0.2, -0.15) is 0 Å². The van der Waals surface area contributed by atoms with Crippen molar-refractivity contribution in [3.63, 3.8) is 0 Å². The van der Waals surface area contributed by atoms with Crippen LogP contribution in [0, 0.1) is 0 Å². The van der Waals surface area contributed by atoms with E-state index in [1.165, 1.54) is 0 Å². The third kappa shape index (κ3) is 3.72. The van der Waals surface area contributed by atoms with Gasteiger partial charge in [0.25, 0.3) is 0 Å². The molecule has 19 heavy (non-hydrogen) atoms. The molecule has 0 aliphatic carbocycles. The zero-order valence-corrected chi connectivity index (χ0v) is 12.3. The van der Waals surface area contributed by atoms with Crippen LogP contribution in [0.1, 0.15) is 11.6 Å². The van der Waals surface area contributed by atoms with E-state index in [9.17, 15) is 4.79 Å². The molecule has 0 aliphatic heterocycles. The maximum atomic E-state index is 11.6. The van der Waals surface area contributed by atoms with Crippen LogP contribution in [0.4, 0.5) is 5.69 Å². The van der Waals surface area contributed by atoms with E-state index in [0.717, 1.165) is 15.7 Å². The van der Waals surface area contributed by atoms with Gasteiger partial charge in [0, 0.05) is 15.2 Å². The van der Waals surface area contributed by atoms with Gasteiger partial charge in [-0.1, -0.05) is 39.7 Å². The van der Waals surface area contributed by atoms with Gasteiger partial charge in [-0.05, 0) is 42.0 Å². The van der Waals surface area contributed by atoms with E-state index in [2.05, 4.69) is 21.2 Å². The summed E-state index contributed by atoms with van der Waals surface area (Å²) in [6, 6.07) is 14.0. The van der Waals surface area contributed by atoms with Gasteiger partial charge in [-0.15, -0.1) is 0 Å². The number of halogens is 2. The first-order valence-electron chi connectivity index (χ1n) is 5.63. The number of amides is 1. The second-order valence-corrected chi connectivity index (χ2v) is 5.39. The van der Waals surface area contributed by atoms with Crippen molar-refractivity contribution >= 4 is 39.1 Å². The average Bonchev–Trinajstić information content (AvgIpc) is 2.37. The predicted molar refractivity (Wildman–Crippen MR) is 81.2 cm³/mol. The number of nitrogens with one attached hydrogen (secondary N) is 1. The predicted octanol–water partition coefficient (Wildman–Crippen LogP) is 3.74. The van der Waals surface area contributed by atoms with Gasteiger partial charge < -0.3 is 11.1 Å². The van der Waals surface area contributed by atoms with Crippen molar-refractivity contribution in [2.45, 2.75) is 6.04 Å². The minimum Gasteiger partial charge on any atom is -0.370 e. The van der Waals surface area contributed by atoms with Gasteiger partial charge in [0.2, 0.25) is 5.91 Å². The fourth-order valence-corrected chi connectivity index (χ4v) is 2.26. The third-order valence-corrected chi connectivity index (χ3v) is 3.37. The number of rotatable bonds is 4. The molecule has 0 aromatic heterocycles. The highest BCUT2D eigenvalue weighted by Gasteiger charge is 2.17. The molecular weight excluding hydrogens is 328 g/mol. The monoisotopic (exact) mass is 338 g/mol. The number of carbonyl (C=O) groups excluding carboxylic acids is 1. The van der Waals surface area contributed by atoms with Crippen molar-refractivity contribution in [2.24, 2.45) is 5.73 Å². The number of hydrogen-bond acceptors (Lipinski definition) is 2. The molecule has 1 amide bonds. The van der Waals surface area contributed by atoms with E-state index in [0.29, 0.717) is 5.02 Å². The lowest BCUT2D eigenvalue weighted by atomic mass is 10.1. The molecule has 0 aliphatic rings. The normalized spacial score (nSPS) is 11.9. The highest BCUT2D eigenvalue weighted by molar-refractivity contribution is 9.10. The topological polar surface area (TPSA) is 55.1 Å². The van der Waals surface area contributed by atoms with Gasteiger partial charge in [0.15, 0.2) is 0 Å². The Bertz CT molecular complexity index is 586. The summed E-state index contributed by atoms with van der Waals surface area (Å²) in [5.41, 5.74) is 7.04. The van der Waals surface area contributed by atoms with Crippen LogP contribution in [-0.2, 0) is 4.79 Å². The van der Waals surface area contributed by atoms with Crippen molar-refractivity contribution in [1.82, 2.24) is 0 Å². The molecule has 5 heteroatoms. The Hall–Kier alpha value is -1.52. The van der Waals surface area contributed by atoms with Crippen LogP contribution in [-0.4, -0.2) is 5.91 Å². The van der Waals surface area contributed by atoms with Gasteiger partial charge in [-0.25, -0.2) is 0 Å². The fourth-order valence-electron chi connectivity index (χ4n) is 1.72. The van der Waals surface area contributed by atoms with E-state index < -0.39 is 11.9 Å². The fraction of sp³-hybridized carbons (Fsp3) is 0.0714. The Kier molecular flexibility index (Phi) is 4.45. The molecule has 0 bridgehead atoms. The van der Waals surface area contributed by atoms with E-state index in [1.54, 1.807) is 24.3 Å². The minimum atomic E-state index is -0.585. The smallest absolute Gasteiger partial charge is 0.244 e. The van der Waals surface area contributed by atoms with Gasteiger partial charge in [0.05, 0.1) is 0 Å². The second kappa shape index (κ2) is 6.08. The largest absolute Gasteiger partial charge is 0.370 e. The molecule has 0 radical (unpaired) electrons. The molecule has 0 fully saturated rings. The van der Waals surface area contributed by atoms with E-state index in [-0.39, 0.29) is 0 Å². The molecule has 1 unspecified atom stereocenters. The summed E-state index contributed by atoms with van der Waals surface area (Å²) in [4.78, 5) is 11.6. The summed E-state index contributed by atoms with van der Waals surface area (Å²) >= 11 is 9.20. The highest BCUT2D eigenvalue weighted by atomic mass is 79.9. The number of anilines is 1. The summed E-state index contributed by atoms with van der Waals surface area (Å²) < 4.78 is 0.897. The summed E-state index contributed by atoms with van der Waals surface area (Å²) in [6.07, 6.45) is 0. The van der Waals surface area contributed by atoms with Crippen molar-refractivity contribution < 1.29 is 4.79 Å². The molecule has 98 valence electrons. The Morgan fingerprint density at radius 2 is 1.89 bits per heavy atom. The van der Waals surface area contributed by atoms with E-state index in [1.807, 2.05) is 24.3 Å². The zero-order valence-electron chi connectivity index (χ0n) is 9.94. The molecule has 0 saturated carbocycles. The van der Waals surface area contributed by atoms with E-state index >= 15 is 0 Å². The van der Waals surface area contributed by atoms with Crippen molar-refractivity contribution in [2.75, 3.05) is 5.32 Å². The molecular formula is C14H12BrClN2O. The van der Waals surface area contributed by atoms with Crippen molar-refractivity contribution in [3.05, 3.63) is 63.6 Å². The van der Waals surface area contributed by atoms with Crippen molar-refractivity contribution in [3.8, 4) is 0 Å². The minimum absolute atomic E-state index is 0.437. The van der Waals surface area contributed by atoms with Crippen LogP contribution >= 0.6 is 27.5 Å². The first kappa shape index (κ1) is 13.9. The number of nitrogens with two attached hydrogens (primary N) is 1. The molecule has 2 rings (SSSR count). The third-order valence-electron chi connectivity index (χ3n) is 2.62. The van der Waals surface area contributed by atoms with Gasteiger partial charge >= 0.3 is 0 Å². The molecule has 3 N–H and O–H groups in total. The quantitative estimate of drug-likeness (QED) is 0.891. The molecule has 1 atom stereocenters. The number of benzene rings is 2. The first-order valence-corrected chi connectivity index (χ1v) is 6.80. The Morgan fingerprint density at radius 1 is 1.21 bits per heavy atom. The summed E-state index contributed by atoms with van der Waals surface area (Å²) in [7, 11) is 0. The van der Waals surface area contributed by atoms with Gasteiger partial charge in [0.1, 0.15) is 6.04 Å². The van der Waals surface area contributed by atoms with Gasteiger partial charge in [-0.3, -0.25) is 4.79 Å². The number of hydrogen-bond donors (Lipinski definition) is 2. The maximum Gasteiger partial charge on any atom is 0.244 e. The van der Waals surface area contributed by atoms with Crippen molar-refractivity contribution in [1.29, 1.82) is 0 Å². The average molecular weight is 340 g/mol. The summed E-state index contributed by atoms with van der Waals surface area (Å²) in [5, 5.41) is 3.74. The summed E-state index contributed by atoms with van der Waals surface area (Å²) in [5.74, 6) is -0.437.